The fourth-order valence-electron chi connectivity index (χ4n) is 2.21. The van der Waals surface area contributed by atoms with Gasteiger partial charge in [0.25, 0.3) is 0 Å². The molecule has 0 aliphatic carbocycles. The zero-order valence-corrected chi connectivity index (χ0v) is 13.2. The van der Waals surface area contributed by atoms with E-state index in [2.05, 4.69) is 5.32 Å². The van der Waals surface area contributed by atoms with E-state index in [-0.39, 0.29) is 24.2 Å². The Kier molecular flexibility index (Phi) is 5.56. The summed E-state index contributed by atoms with van der Waals surface area (Å²) < 4.78 is 36.5. The second kappa shape index (κ2) is 7.02. The standard InChI is InChI=1S/C13H17F3N2OS2/c1-18(8-13(14,15)16)5-4-17-12(19)11-9-2-6-20-10(9)3-7-21-11/h2,6,11H,3-5,7-8H2,1H3,(H,17,19). The average molecular weight is 338 g/mol. The van der Waals surface area contributed by atoms with E-state index in [4.69, 9.17) is 0 Å². The Bertz CT molecular complexity index is 490. The highest BCUT2D eigenvalue weighted by Crippen LogP contribution is 2.39. The molecule has 21 heavy (non-hydrogen) atoms. The first-order valence-electron chi connectivity index (χ1n) is 6.57. The zero-order valence-electron chi connectivity index (χ0n) is 11.6. The third-order valence-corrected chi connectivity index (χ3v) is 5.39. The molecule has 1 unspecified atom stereocenters. The van der Waals surface area contributed by atoms with Gasteiger partial charge in [0.1, 0.15) is 5.25 Å². The molecule has 1 amide bonds. The van der Waals surface area contributed by atoms with Crippen LogP contribution in [-0.2, 0) is 11.2 Å². The normalized spacial score (nSPS) is 18.6. The van der Waals surface area contributed by atoms with E-state index in [0.717, 1.165) is 22.6 Å². The number of nitrogens with one attached hydrogen (secondary N) is 1. The SMILES string of the molecule is CN(CCNC(=O)C1SCCc2sccc21)CC(F)(F)F. The van der Waals surface area contributed by atoms with Gasteiger partial charge in [-0.1, -0.05) is 0 Å². The number of thioether (sulfide) groups is 1. The molecule has 8 heteroatoms. The second-order valence-electron chi connectivity index (χ2n) is 4.94. The van der Waals surface area contributed by atoms with E-state index >= 15 is 0 Å². The van der Waals surface area contributed by atoms with Gasteiger partial charge >= 0.3 is 6.18 Å². The van der Waals surface area contributed by atoms with Gasteiger partial charge in [-0.3, -0.25) is 9.69 Å². The van der Waals surface area contributed by atoms with Crippen molar-refractivity contribution in [2.75, 3.05) is 32.4 Å². The number of carbonyl (C=O) groups is 1. The second-order valence-corrected chi connectivity index (χ2v) is 7.16. The number of hydrogen-bond donors (Lipinski definition) is 1. The van der Waals surface area contributed by atoms with Crippen molar-refractivity contribution in [2.24, 2.45) is 0 Å². The molecule has 1 aliphatic rings. The molecule has 0 bridgehead atoms. The summed E-state index contributed by atoms with van der Waals surface area (Å²) in [7, 11) is 1.39. The Morgan fingerprint density at radius 2 is 2.29 bits per heavy atom. The van der Waals surface area contributed by atoms with E-state index in [1.807, 2.05) is 11.4 Å². The molecule has 0 aromatic carbocycles. The molecule has 0 radical (unpaired) electrons. The fourth-order valence-corrected chi connectivity index (χ4v) is 4.53. The average Bonchev–Trinajstić information content (AvgIpc) is 2.84. The van der Waals surface area contributed by atoms with Gasteiger partial charge in [0.15, 0.2) is 0 Å². The number of likely N-dealkylation sites (N-methyl/N-ethyl adjacent to an activating group) is 1. The number of aryl methyl sites for hydroxylation is 1. The van der Waals surface area contributed by atoms with Crippen molar-refractivity contribution < 1.29 is 18.0 Å². The summed E-state index contributed by atoms with van der Waals surface area (Å²) in [6, 6.07) is 1.96. The first-order valence-corrected chi connectivity index (χ1v) is 8.50. The van der Waals surface area contributed by atoms with Crippen molar-refractivity contribution in [3.63, 3.8) is 0 Å². The lowest BCUT2D eigenvalue weighted by atomic mass is 10.1. The van der Waals surface area contributed by atoms with Crippen LogP contribution in [-0.4, -0.2) is 49.4 Å². The molecule has 1 aromatic heterocycles. The van der Waals surface area contributed by atoms with Crippen molar-refractivity contribution in [1.29, 1.82) is 0 Å². The molecule has 2 rings (SSSR count). The van der Waals surface area contributed by atoms with Crippen molar-refractivity contribution >= 4 is 29.0 Å². The molecule has 1 atom stereocenters. The van der Waals surface area contributed by atoms with Crippen LogP contribution >= 0.6 is 23.1 Å². The highest BCUT2D eigenvalue weighted by molar-refractivity contribution is 8.00. The highest BCUT2D eigenvalue weighted by atomic mass is 32.2. The number of halogens is 3. The smallest absolute Gasteiger partial charge is 0.354 e. The molecule has 1 aromatic rings. The summed E-state index contributed by atoms with van der Waals surface area (Å²) >= 11 is 3.24. The molecule has 1 N–H and O–H groups in total. The van der Waals surface area contributed by atoms with Gasteiger partial charge < -0.3 is 5.32 Å². The third-order valence-electron chi connectivity index (χ3n) is 3.16. The van der Waals surface area contributed by atoms with Crippen LogP contribution < -0.4 is 5.32 Å². The maximum Gasteiger partial charge on any atom is 0.401 e. The lowest BCUT2D eigenvalue weighted by molar-refractivity contribution is -0.142. The van der Waals surface area contributed by atoms with E-state index in [1.165, 1.54) is 11.9 Å². The van der Waals surface area contributed by atoms with Gasteiger partial charge in [0.2, 0.25) is 5.91 Å². The van der Waals surface area contributed by atoms with E-state index in [0.29, 0.717) is 0 Å². The molecule has 1 aliphatic heterocycles. The van der Waals surface area contributed by atoms with Crippen LogP contribution in [0.4, 0.5) is 13.2 Å². The lowest BCUT2D eigenvalue weighted by Gasteiger charge is -2.23. The summed E-state index contributed by atoms with van der Waals surface area (Å²) in [5.41, 5.74) is 1.05. The summed E-state index contributed by atoms with van der Waals surface area (Å²) in [6.07, 6.45) is -3.22. The van der Waals surface area contributed by atoms with Gasteiger partial charge in [-0.15, -0.1) is 23.1 Å². The van der Waals surface area contributed by atoms with Crippen LogP contribution in [0.1, 0.15) is 15.7 Å². The molecule has 0 saturated carbocycles. The van der Waals surface area contributed by atoms with Gasteiger partial charge in [0, 0.05) is 18.0 Å². The predicted molar refractivity (Wildman–Crippen MR) is 79.8 cm³/mol. The first kappa shape index (κ1) is 16.6. The van der Waals surface area contributed by atoms with Gasteiger partial charge in [0.05, 0.1) is 6.54 Å². The van der Waals surface area contributed by atoms with Crippen LogP contribution in [0.5, 0.6) is 0 Å². The molecule has 0 spiro atoms. The molecule has 118 valence electrons. The maximum atomic E-state index is 12.2. The molecule has 0 saturated heterocycles. The Hall–Kier alpha value is -0.730. The summed E-state index contributed by atoms with van der Waals surface area (Å²) in [5, 5.41) is 4.49. The number of carbonyl (C=O) groups excluding carboxylic acids is 1. The van der Waals surface area contributed by atoms with Crippen molar-refractivity contribution in [3.8, 4) is 0 Å². The summed E-state index contributed by atoms with van der Waals surface area (Å²) in [6.45, 7) is -0.559. The molecule has 0 fully saturated rings. The number of hydrogen-bond acceptors (Lipinski definition) is 4. The molecular formula is C13H17F3N2OS2. The first-order chi connectivity index (χ1) is 9.87. The van der Waals surface area contributed by atoms with E-state index in [1.54, 1.807) is 23.1 Å². The molecule has 2 heterocycles. The lowest BCUT2D eigenvalue weighted by Crippen LogP contribution is -2.39. The van der Waals surface area contributed by atoms with Crippen molar-refractivity contribution in [1.82, 2.24) is 10.2 Å². The Labute approximate surface area is 129 Å². The zero-order chi connectivity index (χ0) is 15.5. The minimum Gasteiger partial charge on any atom is -0.354 e. The quantitative estimate of drug-likeness (QED) is 0.896. The van der Waals surface area contributed by atoms with Crippen LogP contribution in [0.25, 0.3) is 0 Å². The van der Waals surface area contributed by atoms with Crippen molar-refractivity contribution in [3.05, 3.63) is 21.9 Å². The van der Waals surface area contributed by atoms with Crippen LogP contribution in [0.15, 0.2) is 11.4 Å². The number of nitrogens with zero attached hydrogens (tertiary/aromatic N) is 1. The van der Waals surface area contributed by atoms with Crippen LogP contribution in [0.3, 0.4) is 0 Å². The number of fused-ring (bicyclic) bond motifs is 1. The monoisotopic (exact) mass is 338 g/mol. The number of rotatable bonds is 5. The minimum absolute atomic E-state index is 0.111. The maximum absolute atomic E-state index is 12.2. The topological polar surface area (TPSA) is 32.3 Å². The molecule has 3 nitrogen and oxygen atoms in total. The Morgan fingerprint density at radius 1 is 1.52 bits per heavy atom. The van der Waals surface area contributed by atoms with E-state index in [9.17, 15) is 18.0 Å². The summed E-state index contributed by atoms with van der Waals surface area (Å²) in [4.78, 5) is 14.6. The van der Waals surface area contributed by atoms with Gasteiger partial charge in [-0.2, -0.15) is 13.2 Å². The van der Waals surface area contributed by atoms with Crippen LogP contribution in [0, 0.1) is 0 Å². The van der Waals surface area contributed by atoms with Crippen LogP contribution in [0.2, 0.25) is 0 Å². The Morgan fingerprint density at radius 3 is 3.00 bits per heavy atom. The summed E-state index contributed by atoms with van der Waals surface area (Å²) in [5.74, 6) is 0.791. The van der Waals surface area contributed by atoms with Crippen molar-refractivity contribution in [2.45, 2.75) is 17.8 Å². The number of alkyl halides is 3. The highest BCUT2D eigenvalue weighted by Gasteiger charge is 2.30. The fraction of sp³-hybridized carbons (Fsp3) is 0.615. The van der Waals surface area contributed by atoms with E-state index < -0.39 is 12.7 Å². The molecular weight excluding hydrogens is 321 g/mol. The van der Waals surface area contributed by atoms with Gasteiger partial charge in [-0.05, 0) is 36.2 Å². The minimum atomic E-state index is -4.20. The largest absolute Gasteiger partial charge is 0.401 e. The Balaban J connectivity index is 1.79. The number of thiophene rings is 1. The predicted octanol–water partition coefficient (Wildman–Crippen LogP) is 2.69. The van der Waals surface area contributed by atoms with Gasteiger partial charge in [-0.25, -0.2) is 0 Å². The number of amides is 1. The third kappa shape index (κ3) is 4.89.